The second kappa shape index (κ2) is 5.99. The van der Waals surface area contributed by atoms with Gasteiger partial charge in [0.05, 0.1) is 11.6 Å². The van der Waals surface area contributed by atoms with Crippen LogP contribution in [0.25, 0.3) is 0 Å². The van der Waals surface area contributed by atoms with E-state index in [1.807, 2.05) is 37.4 Å². The summed E-state index contributed by atoms with van der Waals surface area (Å²) in [5.74, 6) is -0.910. The Balaban J connectivity index is 2.39. The summed E-state index contributed by atoms with van der Waals surface area (Å²) in [5, 5.41) is 12.3. The van der Waals surface area contributed by atoms with E-state index >= 15 is 0 Å². The summed E-state index contributed by atoms with van der Waals surface area (Å²) >= 11 is 3.41. The average molecular weight is 320 g/mol. The number of nitrogens with one attached hydrogen (secondary N) is 1. The van der Waals surface area contributed by atoms with E-state index in [4.69, 9.17) is 5.11 Å². The molecule has 2 aromatic carbocycles. The van der Waals surface area contributed by atoms with Crippen molar-refractivity contribution >= 4 is 21.9 Å². The predicted octanol–water partition coefficient (Wildman–Crippen LogP) is 3.46. The van der Waals surface area contributed by atoms with Gasteiger partial charge in [0, 0.05) is 4.47 Å². The number of hydrogen-bond donors (Lipinski definition) is 2. The standard InChI is InChI=1S/C15H14BrNO2/c1-17-14(10-5-7-13(16)8-6-10)11-3-2-4-12(9-11)15(18)19/h2-9,14,17H,1H3,(H,18,19). The predicted molar refractivity (Wildman–Crippen MR) is 78.4 cm³/mol. The second-order valence-electron chi connectivity index (χ2n) is 4.20. The maximum Gasteiger partial charge on any atom is 0.335 e. The number of hydrogen-bond acceptors (Lipinski definition) is 2. The first kappa shape index (κ1) is 13.8. The van der Waals surface area contributed by atoms with Crippen LogP contribution in [0.5, 0.6) is 0 Å². The number of carboxylic acids is 1. The molecule has 4 heteroatoms. The zero-order valence-electron chi connectivity index (χ0n) is 10.4. The average Bonchev–Trinajstić information content (AvgIpc) is 2.42. The number of rotatable bonds is 4. The molecule has 0 heterocycles. The first-order chi connectivity index (χ1) is 9.11. The third-order valence-electron chi connectivity index (χ3n) is 2.96. The van der Waals surface area contributed by atoms with Gasteiger partial charge in [-0.15, -0.1) is 0 Å². The number of carboxylic acid groups (broad SMARTS) is 1. The molecule has 0 saturated heterocycles. The van der Waals surface area contributed by atoms with Crippen molar-refractivity contribution in [1.29, 1.82) is 0 Å². The summed E-state index contributed by atoms with van der Waals surface area (Å²) in [4.78, 5) is 11.0. The van der Waals surface area contributed by atoms with Crippen molar-refractivity contribution in [2.75, 3.05) is 7.05 Å². The van der Waals surface area contributed by atoms with Crippen LogP contribution in [0.4, 0.5) is 0 Å². The van der Waals surface area contributed by atoms with Gasteiger partial charge in [-0.25, -0.2) is 4.79 Å². The van der Waals surface area contributed by atoms with Crippen LogP contribution in [0.2, 0.25) is 0 Å². The lowest BCUT2D eigenvalue weighted by Crippen LogP contribution is -2.18. The van der Waals surface area contributed by atoms with E-state index in [9.17, 15) is 4.79 Å². The molecular weight excluding hydrogens is 306 g/mol. The molecule has 0 saturated carbocycles. The SMILES string of the molecule is CNC(c1ccc(Br)cc1)c1cccc(C(=O)O)c1. The Morgan fingerprint density at radius 3 is 2.42 bits per heavy atom. The van der Waals surface area contributed by atoms with Crippen LogP contribution in [0.1, 0.15) is 27.5 Å². The van der Waals surface area contributed by atoms with Crippen molar-refractivity contribution in [1.82, 2.24) is 5.32 Å². The van der Waals surface area contributed by atoms with E-state index in [1.165, 1.54) is 0 Å². The van der Waals surface area contributed by atoms with E-state index in [0.29, 0.717) is 5.56 Å². The summed E-state index contributed by atoms with van der Waals surface area (Å²) in [6, 6.07) is 14.9. The summed E-state index contributed by atoms with van der Waals surface area (Å²) in [5.41, 5.74) is 2.33. The van der Waals surface area contributed by atoms with Crippen molar-refractivity contribution in [2.24, 2.45) is 0 Å². The van der Waals surface area contributed by atoms with E-state index in [1.54, 1.807) is 18.2 Å². The Labute approximate surface area is 120 Å². The van der Waals surface area contributed by atoms with Crippen molar-refractivity contribution in [3.63, 3.8) is 0 Å². The highest BCUT2D eigenvalue weighted by Gasteiger charge is 2.13. The highest BCUT2D eigenvalue weighted by atomic mass is 79.9. The number of aromatic carboxylic acids is 1. The molecule has 98 valence electrons. The minimum atomic E-state index is -0.910. The van der Waals surface area contributed by atoms with Crippen molar-refractivity contribution in [2.45, 2.75) is 6.04 Å². The summed E-state index contributed by atoms with van der Waals surface area (Å²) < 4.78 is 1.02. The molecule has 0 aromatic heterocycles. The molecule has 0 radical (unpaired) electrons. The molecule has 19 heavy (non-hydrogen) atoms. The summed E-state index contributed by atoms with van der Waals surface area (Å²) in [7, 11) is 1.86. The topological polar surface area (TPSA) is 49.3 Å². The number of benzene rings is 2. The molecule has 0 aliphatic carbocycles. The maximum absolute atomic E-state index is 11.0. The van der Waals surface area contributed by atoms with Gasteiger partial charge in [0.15, 0.2) is 0 Å². The van der Waals surface area contributed by atoms with E-state index in [0.717, 1.165) is 15.6 Å². The van der Waals surface area contributed by atoms with E-state index in [-0.39, 0.29) is 6.04 Å². The lowest BCUT2D eigenvalue weighted by molar-refractivity contribution is 0.0696. The third-order valence-corrected chi connectivity index (χ3v) is 3.49. The molecule has 0 bridgehead atoms. The van der Waals surface area contributed by atoms with Gasteiger partial charge in [-0.1, -0.05) is 40.2 Å². The van der Waals surface area contributed by atoms with Crippen molar-refractivity contribution in [3.05, 3.63) is 69.7 Å². The molecule has 0 aliphatic heterocycles. The van der Waals surface area contributed by atoms with Gasteiger partial charge in [0.25, 0.3) is 0 Å². The molecule has 2 rings (SSSR count). The van der Waals surface area contributed by atoms with Crippen LogP contribution in [0.15, 0.2) is 53.0 Å². The monoisotopic (exact) mass is 319 g/mol. The fourth-order valence-electron chi connectivity index (χ4n) is 2.03. The molecule has 2 N–H and O–H groups in total. The minimum absolute atomic E-state index is 0.0209. The number of carbonyl (C=O) groups is 1. The van der Waals surface area contributed by atoms with Crippen LogP contribution < -0.4 is 5.32 Å². The zero-order chi connectivity index (χ0) is 13.8. The van der Waals surface area contributed by atoms with Crippen molar-refractivity contribution < 1.29 is 9.90 Å². The van der Waals surface area contributed by atoms with Crippen molar-refractivity contribution in [3.8, 4) is 0 Å². The van der Waals surface area contributed by atoms with Gasteiger partial charge in [0.2, 0.25) is 0 Å². The fourth-order valence-corrected chi connectivity index (χ4v) is 2.30. The third kappa shape index (κ3) is 3.22. The Kier molecular flexibility index (Phi) is 4.35. The van der Waals surface area contributed by atoms with Gasteiger partial charge in [-0.3, -0.25) is 0 Å². The molecule has 3 nitrogen and oxygen atoms in total. The Morgan fingerprint density at radius 1 is 1.16 bits per heavy atom. The molecule has 0 fully saturated rings. The molecule has 1 unspecified atom stereocenters. The van der Waals surface area contributed by atoms with Gasteiger partial charge < -0.3 is 10.4 Å². The highest BCUT2D eigenvalue weighted by molar-refractivity contribution is 9.10. The Hall–Kier alpha value is -1.65. The van der Waals surface area contributed by atoms with Crippen LogP contribution >= 0.6 is 15.9 Å². The Bertz CT molecular complexity index is 581. The quantitative estimate of drug-likeness (QED) is 0.907. The summed E-state index contributed by atoms with van der Waals surface area (Å²) in [6.45, 7) is 0. The highest BCUT2D eigenvalue weighted by Crippen LogP contribution is 2.24. The van der Waals surface area contributed by atoms with Gasteiger partial charge >= 0.3 is 5.97 Å². The zero-order valence-corrected chi connectivity index (χ0v) is 12.0. The van der Waals surface area contributed by atoms with Gasteiger partial charge in [0.1, 0.15) is 0 Å². The molecule has 1 atom stereocenters. The Morgan fingerprint density at radius 2 is 1.84 bits per heavy atom. The molecular formula is C15H14BrNO2. The normalized spacial score (nSPS) is 12.1. The smallest absolute Gasteiger partial charge is 0.335 e. The first-order valence-electron chi connectivity index (χ1n) is 5.88. The molecule has 0 aliphatic rings. The minimum Gasteiger partial charge on any atom is -0.478 e. The second-order valence-corrected chi connectivity index (χ2v) is 5.12. The van der Waals surface area contributed by atoms with Gasteiger partial charge in [-0.2, -0.15) is 0 Å². The summed E-state index contributed by atoms with van der Waals surface area (Å²) in [6.07, 6.45) is 0. The number of halogens is 1. The fraction of sp³-hybridized carbons (Fsp3) is 0.133. The lowest BCUT2D eigenvalue weighted by atomic mass is 9.97. The molecule has 0 spiro atoms. The van der Waals surface area contributed by atoms with Crippen LogP contribution in [-0.2, 0) is 0 Å². The van der Waals surface area contributed by atoms with Crippen LogP contribution in [0.3, 0.4) is 0 Å². The van der Waals surface area contributed by atoms with E-state index < -0.39 is 5.97 Å². The lowest BCUT2D eigenvalue weighted by Gasteiger charge is -2.17. The maximum atomic E-state index is 11.0. The van der Waals surface area contributed by atoms with Crippen LogP contribution in [-0.4, -0.2) is 18.1 Å². The molecule has 2 aromatic rings. The first-order valence-corrected chi connectivity index (χ1v) is 6.67. The largest absolute Gasteiger partial charge is 0.478 e. The molecule has 0 amide bonds. The van der Waals surface area contributed by atoms with E-state index in [2.05, 4.69) is 21.2 Å². The van der Waals surface area contributed by atoms with Crippen LogP contribution in [0, 0.1) is 0 Å². The van der Waals surface area contributed by atoms with Gasteiger partial charge in [-0.05, 0) is 42.4 Å².